The van der Waals surface area contributed by atoms with Crippen LogP contribution in [0.1, 0.15) is 43.2 Å². The first-order chi connectivity index (χ1) is 21.4. The molecule has 4 aliphatic heterocycles. The van der Waals surface area contributed by atoms with E-state index < -0.39 is 11.6 Å². The fourth-order valence-electron chi connectivity index (χ4n) is 7.99. The van der Waals surface area contributed by atoms with Gasteiger partial charge in [0.25, 0.3) is 0 Å². The fraction of sp³-hybridized carbons (Fsp3) is 0.424. The molecule has 4 aromatic rings. The average Bonchev–Trinajstić information content (AvgIpc) is 3.56. The summed E-state index contributed by atoms with van der Waals surface area (Å²) in [6.45, 7) is 4.84. The molecule has 2 aromatic heterocycles. The summed E-state index contributed by atoms with van der Waals surface area (Å²) in [7, 11) is 0. The van der Waals surface area contributed by atoms with Crippen molar-refractivity contribution in [1.29, 1.82) is 0 Å². The van der Waals surface area contributed by atoms with Crippen LogP contribution in [0.2, 0.25) is 5.02 Å². The smallest absolute Gasteiger partial charge is 0.319 e. The predicted molar refractivity (Wildman–Crippen MR) is 168 cm³/mol. The lowest BCUT2D eigenvalue weighted by molar-refractivity contribution is 0.108. The summed E-state index contributed by atoms with van der Waals surface area (Å²) in [5, 5.41) is 5.04. The number of hydrogen-bond acceptors (Lipinski definition) is 8. The van der Waals surface area contributed by atoms with Crippen LogP contribution < -0.4 is 20.7 Å². The van der Waals surface area contributed by atoms with Crippen molar-refractivity contribution in [1.82, 2.24) is 25.2 Å². The first kappa shape index (κ1) is 27.7. The van der Waals surface area contributed by atoms with Gasteiger partial charge >= 0.3 is 6.01 Å². The van der Waals surface area contributed by atoms with Gasteiger partial charge in [-0.05, 0) is 74.7 Å². The molecule has 0 aliphatic carbocycles. The number of aryl methyl sites for hydroxylation is 1. The summed E-state index contributed by atoms with van der Waals surface area (Å²) >= 11 is 7.15. The molecular formula is C33H32ClF2N7O. The summed E-state index contributed by atoms with van der Waals surface area (Å²) in [5.41, 5.74) is 7.05. The van der Waals surface area contributed by atoms with Crippen molar-refractivity contribution >= 4 is 44.9 Å². The third kappa shape index (κ3) is 4.13. The SMILES string of the molecule is C#Cc1c(F)ccc2cc(N)nc(-c3c(Cl)c4c5c(nc(OCC67CCCN6CCC7)nc5c3F)N3CCNCC3CC4)c12. The number of rotatable bonds is 4. The van der Waals surface area contributed by atoms with Crippen LogP contribution in [0.4, 0.5) is 20.4 Å². The van der Waals surface area contributed by atoms with Crippen molar-refractivity contribution < 1.29 is 13.5 Å². The number of nitrogen functional groups attached to an aromatic ring is 1. The van der Waals surface area contributed by atoms with Gasteiger partial charge < -0.3 is 20.7 Å². The number of aromatic nitrogens is 3. The minimum absolute atomic E-state index is 0.00137. The molecule has 0 spiro atoms. The zero-order chi connectivity index (χ0) is 30.2. The number of nitrogens with one attached hydrogen (secondary N) is 1. The summed E-state index contributed by atoms with van der Waals surface area (Å²) in [6, 6.07) is 4.69. The molecule has 0 saturated carbocycles. The van der Waals surface area contributed by atoms with Gasteiger partial charge in [0.2, 0.25) is 0 Å². The van der Waals surface area contributed by atoms with E-state index in [-0.39, 0.29) is 56.2 Å². The maximum atomic E-state index is 17.1. The summed E-state index contributed by atoms with van der Waals surface area (Å²) in [4.78, 5) is 18.9. The number of hydrogen-bond donors (Lipinski definition) is 2. The van der Waals surface area contributed by atoms with Crippen molar-refractivity contribution in [3.8, 4) is 29.6 Å². The molecule has 0 radical (unpaired) electrons. The van der Waals surface area contributed by atoms with Crippen LogP contribution in [-0.4, -0.2) is 70.8 Å². The van der Waals surface area contributed by atoms with Crippen LogP contribution in [0.3, 0.4) is 0 Å². The first-order valence-corrected chi connectivity index (χ1v) is 15.7. The second-order valence-electron chi connectivity index (χ2n) is 12.4. The summed E-state index contributed by atoms with van der Waals surface area (Å²) in [6.07, 6.45) is 11.5. The summed E-state index contributed by atoms with van der Waals surface area (Å²) in [5.74, 6) is 1.88. The van der Waals surface area contributed by atoms with Gasteiger partial charge in [-0.1, -0.05) is 23.6 Å². The number of ether oxygens (including phenoxy) is 1. The van der Waals surface area contributed by atoms with Crippen LogP contribution >= 0.6 is 11.6 Å². The molecule has 3 N–H and O–H groups in total. The number of terminal acetylenes is 1. The van der Waals surface area contributed by atoms with E-state index in [9.17, 15) is 4.39 Å². The number of halogens is 3. The highest BCUT2D eigenvalue weighted by molar-refractivity contribution is 6.36. The molecule has 0 bridgehead atoms. The fourth-order valence-corrected chi connectivity index (χ4v) is 8.35. The lowest BCUT2D eigenvalue weighted by Crippen LogP contribution is -2.51. The highest BCUT2D eigenvalue weighted by Gasteiger charge is 2.45. The zero-order valence-electron chi connectivity index (χ0n) is 24.2. The lowest BCUT2D eigenvalue weighted by atomic mass is 9.94. The van der Waals surface area contributed by atoms with Gasteiger partial charge in [-0.15, -0.1) is 6.42 Å². The molecule has 3 saturated heterocycles. The molecule has 44 heavy (non-hydrogen) atoms. The molecule has 226 valence electrons. The largest absolute Gasteiger partial charge is 0.461 e. The molecule has 8 nitrogen and oxygen atoms in total. The van der Waals surface area contributed by atoms with Crippen LogP contribution in [0.15, 0.2) is 18.2 Å². The Balaban J connectivity index is 1.37. The minimum atomic E-state index is -0.691. The van der Waals surface area contributed by atoms with E-state index in [0.29, 0.717) is 36.2 Å². The molecule has 8 rings (SSSR count). The molecule has 3 fully saturated rings. The van der Waals surface area contributed by atoms with Crippen molar-refractivity contribution in [3.05, 3.63) is 46.0 Å². The van der Waals surface area contributed by atoms with E-state index in [4.69, 9.17) is 38.5 Å². The monoisotopic (exact) mass is 615 g/mol. The van der Waals surface area contributed by atoms with Crippen molar-refractivity contribution in [3.63, 3.8) is 0 Å². The van der Waals surface area contributed by atoms with E-state index in [2.05, 4.69) is 26.0 Å². The predicted octanol–water partition coefficient (Wildman–Crippen LogP) is 5.07. The molecule has 1 unspecified atom stereocenters. The Morgan fingerprint density at radius 3 is 2.75 bits per heavy atom. The van der Waals surface area contributed by atoms with E-state index >= 15 is 4.39 Å². The van der Waals surface area contributed by atoms with E-state index in [1.54, 1.807) is 12.1 Å². The van der Waals surface area contributed by atoms with E-state index in [1.165, 1.54) is 6.07 Å². The van der Waals surface area contributed by atoms with Crippen LogP contribution in [-0.2, 0) is 6.42 Å². The summed E-state index contributed by atoms with van der Waals surface area (Å²) < 4.78 is 38.5. The van der Waals surface area contributed by atoms with Gasteiger partial charge in [0.1, 0.15) is 29.6 Å². The molecule has 6 heterocycles. The van der Waals surface area contributed by atoms with Crippen molar-refractivity contribution in [2.45, 2.75) is 50.1 Å². The van der Waals surface area contributed by atoms with Gasteiger partial charge in [-0.25, -0.2) is 13.8 Å². The normalized spacial score (nSPS) is 20.9. The Bertz CT molecular complexity index is 1880. The van der Waals surface area contributed by atoms with Crippen LogP contribution in [0.5, 0.6) is 6.01 Å². The molecule has 11 heteroatoms. The average molecular weight is 616 g/mol. The molecule has 1 atom stereocenters. The Morgan fingerprint density at radius 1 is 1.14 bits per heavy atom. The first-order valence-electron chi connectivity index (χ1n) is 15.3. The molecular weight excluding hydrogens is 584 g/mol. The number of pyridine rings is 1. The number of fused-ring (bicyclic) bond motifs is 4. The van der Waals surface area contributed by atoms with Crippen LogP contribution in [0.25, 0.3) is 32.9 Å². The Hall–Kier alpha value is -3.78. The maximum Gasteiger partial charge on any atom is 0.319 e. The standard InChI is InChI=1S/C33H32ClF2N7O/c1-2-20-22(35)8-5-18-15-23(37)39-29(24(18)20)26-27(34)21-7-6-19-16-38-11-14-43(19)31-25(21)30(28(26)36)40-32(41-31)44-17-33-9-3-12-42(33)13-4-10-33/h1,5,8,15,19,38H,3-4,6-7,9-14,16-17H2,(H2,37,39). The third-order valence-electron chi connectivity index (χ3n) is 10.1. The number of anilines is 2. The quantitative estimate of drug-likeness (QED) is 0.308. The number of nitrogens with zero attached hydrogens (tertiary/aromatic N) is 5. The van der Waals surface area contributed by atoms with Crippen LogP contribution in [0, 0.1) is 24.0 Å². The van der Waals surface area contributed by atoms with Gasteiger partial charge in [-0.3, -0.25) is 4.90 Å². The number of benzene rings is 2. The Kier molecular flexibility index (Phi) is 6.56. The Morgan fingerprint density at radius 2 is 1.95 bits per heavy atom. The number of nitrogens with two attached hydrogens (primary N) is 1. The highest BCUT2D eigenvalue weighted by atomic mass is 35.5. The van der Waals surface area contributed by atoms with Gasteiger partial charge in [0.15, 0.2) is 5.82 Å². The third-order valence-corrected chi connectivity index (χ3v) is 10.5. The molecule has 2 aromatic carbocycles. The highest BCUT2D eigenvalue weighted by Crippen LogP contribution is 2.47. The van der Waals surface area contributed by atoms with Crippen molar-refractivity contribution in [2.75, 3.05) is 50.0 Å². The van der Waals surface area contributed by atoms with E-state index in [1.807, 2.05) is 0 Å². The second kappa shape index (κ2) is 10.4. The maximum absolute atomic E-state index is 17.1. The van der Waals surface area contributed by atoms with Gasteiger partial charge in [-0.2, -0.15) is 9.97 Å². The minimum Gasteiger partial charge on any atom is -0.461 e. The van der Waals surface area contributed by atoms with Gasteiger partial charge in [0, 0.05) is 31.1 Å². The van der Waals surface area contributed by atoms with Crippen molar-refractivity contribution in [2.24, 2.45) is 0 Å². The van der Waals surface area contributed by atoms with E-state index in [0.717, 1.165) is 63.8 Å². The molecule has 0 amide bonds. The lowest BCUT2D eigenvalue weighted by Gasteiger charge is -2.36. The zero-order valence-corrected chi connectivity index (χ0v) is 25.0. The second-order valence-corrected chi connectivity index (χ2v) is 12.8. The topological polar surface area (TPSA) is 92.4 Å². The van der Waals surface area contributed by atoms with Gasteiger partial charge in [0.05, 0.1) is 32.8 Å². The Labute approximate surface area is 258 Å². The molecule has 4 aliphatic rings. The number of piperazine rings is 1.